The Morgan fingerprint density at radius 2 is 2.00 bits per heavy atom. The summed E-state index contributed by atoms with van der Waals surface area (Å²) < 4.78 is 0. The van der Waals surface area contributed by atoms with Gasteiger partial charge in [0.15, 0.2) is 0 Å². The molecule has 1 fully saturated rings. The molecule has 1 aromatic rings. The second-order valence-corrected chi connectivity index (χ2v) is 6.91. The van der Waals surface area contributed by atoms with Crippen molar-refractivity contribution >= 4 is 11.8 Å². The number of likely N-dealkylation sites (tertiary alicyclic amines) is 1. The number of carbonyl (C=O) groups is 2. The number of benzene rings is 1. The van der Waals surface area contributed by atoms with E-state index in [9.17, 15) is 9.59 Å². The van der Waals surface area contributed by atoms with Crippen LogP contribution < -0.4 is 5.32 Å². The highest BCUT2D eigenvalue weighted by molar-refractivity contribution is 5.81. The summed E-state index contributed by atoms with van der Waals surface area (Å²) in [6, 6.07) is 10.0. The fourth-order valence-corrected chi connectivity index (χ4v) is 3.34. The second kappa shape index (κ2) is 8.29. The largest absolute Gasteiger partial charge is 0.343 e. The maximum atomic E-state index is 12.6. The second-order valence-electron chi connectivity index (χ2n) is 6.91. The van der Waals surface area contributed by atoms with Gasteiger partial charge in [-0.3, -0.25) is 9.59 Å². The van der Waals surface area contributed by atoms with Crippen molar-refractivity contribution in [3.63, 3.8) is 0 Å². The summed E-state index contributed by atoms with van der Waals surface area (Å²) in [5.41, 5.74) is 1.13. The lowest BCUT2D eigenvalue weighted by Crippen LogP contribution is -2.54. The molecule has 0 unspecified atom stereocenters. The van der Waals surface area contributed by atoms with Gasteiger partial charge in [-0.2, -0.15) is 0 Å². The zero-order valence-corrected chi connectivity index (χ0v) is 15.2. The Kier molecular flexibility index (Phi) is 6.37. The predicted octanol–water partition coefficient (Wildman–Crippen LogP) is 1.88. The average Bonchev–Trinajstić information content (AvgIpc) is 2.56. The van der Waals surface area contributed by atoms with Crippen molar-refractivity contribution in [2.75, 3.05) is 20.1 Å². The molecule has 0 aliphatic carbocycles. The third-order valence-corrected chi connectivity index (χ3v) is 4.82. The highest BCUT2D eigenvalue weighted by atomic mass is 16.2. The summed E-state index contributed by atoms with van der Waals surface area (Å²) in [5.74, 6) is 0.574. The predicted molar refractivity (Wildman–Crippen MR) is 95.3 cm³/mol. The molecule has 1 aliphatic heterocycles. The van der Waals surface area contributed by atoms with Crippen molar-refractivity contribution in [1.29, 1.82) is 0 Å². The van der Waals surface area contributed by atoms with E-state index in [0.717, 1.165) is 25.1 Å². The first-order chi connectivity index (χ1) is 11.4. The number of nitrogens with zero attached hydrogens (tertiary/aromatic N) is 2. The monoisotopic (exact) mass is 331 g/mol. The van der Waals surface area contributed by atoms with E-state index in [2.05, 4.69) is 12.2 Å². The zero-order valence-electron chi connectivity index (χ0n) is 15.2. The van der Waals surface area contributed by atoms with Crippen LogP contribution in [0.25, 0.3) is 0 Å². The van der Waals surface area contributed by atoms with Crippen molar-refractivity contribution < 1.29 is 9.59 Å². The van der Waals surface area contributed by atoms with Gasteiger partial charge in [-0.05, 0) is 24.8 Å². The van der Waals surface area contributed by atoms with Gasteiger partial charge < -0.3 is 15.1 Å². The van der Waals surface area contributed by atoms with E-state index in [4.69, 9.17) is 0 Å². The number of carbonyl (C=O) groups excluding carboxylic acids is 2. The Hall–Kier alpha value is -1.88. The number of piperidine rings is 1. The lowest BCUT2D eigenvalue weighted by Gasteiger charge is -2.38. The standard InChI is InChI=1S/C19H29N3O2/c1-14-12-22(16(3)23)11-10-18(14)20-15(2)19(24)21(4)13-17-8-6-5-7-9-17/h5-9,14-15,18,20H,10-13H2,1-4H3/t14-,15-,18+/m1/s1. The van der Waals surface area contributed by atoms with Crippen molar-refractivity contribution in [3.8, 4) is 0 Å². The Balaban J connectivity index is 1.86. The first kappa shape index (κ1) is 18.5. The van der Waals surface area contributed by atoms with E-state index in [1.54, 1.807) is 11.8 Å². The number of hydrogen-bond acceptors (Lipinski definition) is 3. The molecule has 0 bridgehead atoms. The average molecular weight is 331 g/mol. The summed E-state index contributed by atoms with van der Waals surface area (Å²) in [6.45, 7) is 7.81. The van der Waals surface area contributed by atoms with Crippen LogP contribution >= 0.6 is 0 Å². The third-order valence-electron chi connectivity index (χ3n) is 4.82. The van der Waals surface area contributed by atoms with Gasteiger partial charge in [-0.25, -0.2) is 0 Å². The van der Waals surface area contributed by atoms with Gasteiger partial charge in [0.05, 0.1) is 6.04 Å². The van der Waals surface area contributed by atoms with Crippen LogP contribution in [-0.2, 0) is 16.1 Å². The van der Waals surface area contributed by atoms with Crippen LogP contribution in [0, 0.1) is 5.92 Å². The lowest BCUT2D eigenvalue weighted by molar-refractivity contribution is -0.134. The van der Waals surface area contributed by atoms with Gasteiger partial charge in [-0.15, -0.1) is 0 Å². The minimum Gasteiger partial charge on any atom is -0.343 e. The lowest BCUT2D eigenvalue weighted by atomic mass is 9.93. The topological polar surface area (TPSA) is 52.7 Å². The van der Waals surface area contributed by atoms with Crippen molar-refractivity contribution in [2.45, 2.75) is 45.8 Å². The first-order valence-electron chi connectivity index (χ1n) is 8.69. The highest BCUT2D eigenvalue weighted by Gasteiger charge is 2.30. The Labute approximate surface area is 145 Å². The third kappa shape index (κ3) is 4.81. The molecular weight excluding hydrogens is 302 g/mol. The van der Waals surface area contributed by atoms with E-state index in [1.165, 1.54) is 0 Å². The minimum atomic E-state index is -0.227. The van der Waals surface area contributed by atoms with Gasteiger partial charge in [0, 0.05) is 39.6 Å². The summed E-state index contributed by atoms with van der Waals surface area (Å²) in [6.07, 6.45) is 0.890. The highest BCUT2D eigenvalue weighted by Crippen LogP contribution is 2.18. The fourth-order valence-electron chi connectivity index (χ4n) is 3.34. The van der Waals surface area contributed by atoms with Crippen molar-refractivity contribution in [1.82, 2.24) is 15.1 Å². The van der Waals surface area contributed by atoms with E-state index in [-0.39, 0.29) is 23.9 Å². The van der Waals surface area contributed by atoms with Gasteiger partial charge in [0.25, 0.3) is 0 Å². The number of rotatable bonds is 5. The molecule has 2 amide bonds. The molecule has 5 nitrogen and oxygen atoms in total. The quantitative estimate of drug-likeness (QED) is 0.896. The van der Waals surface area contributed by atoms with Crippen LogP contribution in [0.4, 0.5) is 0 Å². The molecule has 3 atom stereocenters. The van der Waals surface area contributed by atoms with Gasteiger partial charge in [0.1, 0.15) is 0 Å². The molecule has 0 spiro atoms. The summed E-state index contributed by atoms with van der Waals surface area (Å²) in [7, 11) is 1.84. The molecular formula is C19H29N3O2. The smallest absolute Gasteiger partial charge is 0.239 e. The number of nitrogens with one attached hydrogen (secondary N) is 1. The number of amides is 2. The molecule has 132 valence electrons. The molecule has 0 aromatic heterocycles. The molecule has 1 heterocycles. The molecule has 24 heavy (non-hydrogen) atoms. The first-order valence-corrected chi connectivity index (χ1v) is 8.69. The normalized spacial score (nSPS) is 22.1. The molecule has 0 saturated carbocycles. The molecule has 1 saturated heterocycles. The SMILES string of the molecule is CC(=O)N1CC[C@H](N[C@H](C)C(=O)N(C)Cc2ccccc2)[C@H](C)C1. The van der Waals surface area contributed by atoms with E-state index in [0.29, 0.717) is 12.5 Å². The van der Waals surface area contributed by atoms with Gasteiger partial charge in [-0.1, -0.05) is 37.3 Å². The summed E-state index contributed by atoms with van der Waals surface area (Å²) >= 11 is 0. The Morgan fingerprint density at radius 1 is 1.33 bits per heavy atom. The fraction of sp³-hybridized carbons (Fsp3) is 0.579. The van der Waals surface area contributed by atoms with Gasteiger partial charge >= 0.3 is 0 Å². The van der Waals surface area contributed by atoms with Crippen molar-refractivity contribution in [3.05, 3.63) is 35.9 Å². The number of hydrogen-bond donors (Lipinski definition) is 1. The summed E-state index contributed by atoms with van der Waals surface area (Å²) in [5, 5.41) is 3.47. The molecule has 1 N–H and O–H groups in total. The maximum absolute atomic E-state index is 12.6. The molecule has 1 aliphatic rings. The number of likely N-dealkylation sites (N-methyl/N-ethyl adjacent to an activating group) is 1. The molecule has 1 aromatic carbocycles. The van der Waals surface area contributed by atoms with Crippen LogP contribution in [0.3, 0.4) is 0 Å². The molecule has 2 rings (SSSR count). The summed E-state index contributed by atoms with van der Waals surface area (Å²) in [4.78, 5) is 27.7. The Bertz CT molecular complexity index is 561. The van der Waals surface area contributed by atoms with E-state index < -0.39 is 0 Å². The molecule has 5 heteroatoms. The zero-order chi connectivity index (χ0) is 17.7. The molecule has 0 radical (unpaired) electrons. The maximum Gasteiger partial charge on any atom is 0.239 e. The van der Waals surface area contributed by atoms with Gasteiger partial charge in [0.2, 0.25) is 11.8 Å². The Morgan fingerprint density at radius 3 is 2.58 bits per heavy atom. The van der Waals surface area contributed by atoms with Crippen molar-refractivity contribution in [2.24, 2.45) is 5.92 Å². The van der Waals surface area contributed by atoms with Crippen LogP contribution in [0.1, 0.15) is 32.8 Å². The van der Waals surface area contributed by atoms with E-state index in [1.807, 2.05) is 49.2 Å². The van der Waals surface area contributed by atoms with Crippen LogP contribution in [0.5, 0.6) is 0 Å². The van der Waals surface area contributed by atoms with Crippen LogP contribution in [-0.4, -0.2) is 53.8 Å². The minimum absolute atomic E-state index is 0.0973. The van der Waals surface area contributed by atoms with Crippen LogP contribution in [0.15, 0.2) is 30.3 Å². The van der Waals surface area contributed by atoms with Crippen LogP contribution in [0.2, 0.25) is 0 Å². The van der Waals surface area contributed by atoms with E-state index >= 15 is 0 Å².